The number of aromatic nitrogens is 1. The number of aromatic hydroxyl groups is 1. The van der Waals surface area contributed by atoms with Crippen molar-refractivity contribution in [3.63, 3.8) is 0 Å². The van der Waals surface area contributed by atoms with Crippen molar-refractivity contribution < 1.29 is 5.11 Å². The molecule has 0 bridgehead atoms. The Morgan fingerprint density at radius 3 is 2.29 bits per heavy atom. The fourth-order valence-electron chi connectivity index (χ4n) is 2.29. The molecule has 2 aromatic rings. The fraction of sp³-hybridized carbons (Fsp3) is 0.364. The van der Waals surface area contributed by atoms with E-state index in [0.717, 1.165) is 29.3 Å². The number of allylic oxidation sites excluding steroid dienone is 2. The highest BCUT2D eigenvalue weighted by Crippen LogP contribution is 2.33. The molecule has 2 rings (SSSR count). The van der Waals surface area contributed by atoms with Gasteiger partial charge in [-0.15, -0.1) is 6.58 Å². The molecular weight excluding hydrogens is 350 g/mol. The number of anilines is 3. The second kappa shape index (κ2) is 14.2. The van der Waals surface area contributed by atoms with Gasteiger partial charge in [0.1, 0.15) is 5.82 Å². The van der Waals surface area contributed by atoms with Crippen molar-refractivity contribution in [2.24, 2.45) is 11.5 Å². The molecule has 6 heteroatoms. The van der Waals surface area contributed by atoms with E-state index in [2.05, 4.69) is 24.1 Å². The average molecular weight is 388 g/mol. The molecule has 0 aliphatic rings. The minimum atomic E-state index is 0.119. The van der Waals surface area contributed by atoms with E-state index in [1.807, 2.05) is 58.0 Å². The number of nitrogens with two attached hydrogens (primary N) is 2. The van der Waals surface area contributed by atoms with Crippen LogP contribution in [-0.2, 0) is 6.67 Å². The molecule has 1 heterocycles. The van der Waals surface area contributed by atoms with Crippen LogP contribution in [0.1, 0.15) is 39.7 Å². The molecule has 0 atom stereocenters. The Hall–Kier alpha value is -2.86. The summed E-state index contributed by atoms with van der Waals surface area (Å²) in [4.78, 5) is 0. The molecule has 7 N–H and O–H groups in total. The van der Waals surface area contributed by atoms with Gasteiger partial charge in [0.25, 0.3) is 0 Å². The van der Waals surface area contributed by atoms with Crippen molar-refractivity contribution in [3.05, 3.63) is 60.3 Å². The van der Waals surface area contributed by atoms with Crippen LogP contribution in [0.5, 0.6) is 5.88 Å². The van der Waals surface area contributed by atoms with Gasteiger partial charge in [-0.05, 0) is 32.4 Å². The number of rotatable bonds is 7. The van der Waals surface area contributed by atoms with Crippen molar-refractivity contribution in [1.82, 2.24) is 4.57 Å². The molecule has 0 fully saturated rings. The van der Waals surface area contributed by atoms with Gasteiger partial charge in [-0.1, -0.05) is 50.6 Å². The van der Waals surface area contributed by atoms with Gasteiger partial charge in [0.05, 0.1) is 12.4 Å². The summed E-state index contributed by atoms with van der Waals surface area (Å²) in [6, 6.07) is 9.68. The highest BCUT2D eigenvalue weighted by Gasteiger charge is 2.13. The zero-order chi connectivity index (χ0) is 21.5. The van der Waals surface area contributed by atoms with Crippen LogP contribution in [0.3, 0.4) is 0 Å². The van der Waals surface area contributed by atoms with E-state index in [-0.39, 0.29) is 12.5 Å². The van der Waals surface area contributed by atoms with Gasteiger partial charge in [-0.25, -0.2) is 0 Å². The van der Waals surface area contributed by atoms with Crippen molar-refractivity contribution in [1.29, 1.82) is 0 Å². The number of nitrogens with one attached hydrogen (secondary N) is 2. The monoisotopic (exact) mass is 387 g/mol. The lowest BCUT2D eigenvalue weighted by Gasteiger charge is -2.12. The molecule has 1 aromatic carbocycles. The standard InChI is InChI=1S/C15H20N4O.C5H11N.C2H6/c1-3-8-17-15-13(9-14(20)19(15)10-16)18-12-6-4-11(2)5-7-12;1-3-4-5(2)6;1-2/h3-7,9,17-18,20H,1,8,10,16H2,2H3;4H,3,6H2,1-2H3;1-2H3/b;5-4+;. The van der Waals surface area contributed by atoms with E-state index in [1.54, 1.807) is 16.7 Å². The first-order valence-electron chi connectivity index (χ1n) is 9.66. The Balaban J connectivity index is 0.000000780. The highest BCUT2D eigenvalue weighted by atomic mass is 16.3. The van der Waals surface area contributed by atoms with Crippen LogP contribution < -0.4 is 22.1 Å². The Bertz CT molecular complexity index is 713. The largest absolute Gasteiger partial charge is 0.494 e. The normalized spacial score (nSPS) is 10.1. The van der Waals surface area contributed by atoms with E-state index >= 15 is 0 Å². The maximum absolute atomic E-state index is 9.91. The first-order valence-corrected chi connectivity index (χ1v) is 9.66. The first-order chi connectivity index (χ1) is 13.4. The van der Waals surface area contributed by atoms with Gasteiger partial charge in [-0.3, -0.25) is 4.57 Å². The van der Waals surface area contributed by atoms with Gasteiger partial charge in [0.2, 0.25) is 0 Å². The highest BCUT2D eigenvalue weighted by molar-refractivity contribution is 5.74. The molecule has 0 amide bonds. The SMILES string of the molecule is C=CCNc1c(Nc2ccc(C)cc2)cc(O)n1CN.CC.CC/C=C(\C)N. The maximum atomic E-state index is 9.91. The van der Waals surface area contributed by atoms with Crippen LogP contribution in [-0.4, -0.2) is 16.2 Å². The number of nitrogens with zero attached hydrogens (tertiary/aromatic N) is 1. The van der Waals surface area contributed by atoms with Crippen LogP contribution in [0.4, 0.5) is 17.2 Å². The summed E-state index contributed by atoms with van der Waals surface area (Å²) in [7, 11) is 0. The van der Waals surface area contributed by atoms with E-state index in [0.29, 0.717) is 6.54 Å². The minimum absolute atomic E-state index is 0.119. The minimum Gasteiger partial charge on any atom is -0.494 e. The van der Waals surface area contributed by atoms with Crippen LogP contribution >= 0.6 is 0 Å². The first kappa shape index (κ1) is 25.1. The summed E-state index contributed by atoms with van der Waals surface area (Å²) in [6.45, 7) is 14.5. The molecule has 0 radical (unpaired) electrons. The van der Waals surface area contributed by atoms with E-state index in [9.17, 15) is 5.11 Å². The molecule has 0 aliphatic carbocycles. The van der Waals surface area contributed by atoms with Gasteiger partial charge in [-0.2, -0.15) is 0 Å². The summed E-state index contributed by atoms with van der Waals surface area (Å²) in [6.07, 6.45) is 4.78. The molecule has 156 valence electrons. The van der Waals surface area contributed by atoms with Crippen molar-refractivity contribution in [3.8, 4) is 5.88 Å². The van der Waals surface area contributed by atoms with Crippen LogP contribution in [0.15, 0.2) is 54.8 Å². The molecule has 0 aliphatic heterocycles. The van der Waals surface area contributed by atoms with Crippen molar-refractivity contribution in [2.45, 2.75) is 47.7 Å². The summed E-state index contributed by atoms with van der Waals surface area (Å²) >= 11 is 0. The van der Waals surface area contributed by atoms with Crippen LogP contribution in [0.2, 0.25) is 0 Å². The molecule has 6 nitrogen and oxygen atoms in total. The summed E-state index contributed by atoms with van der Waals surface area (Å²) < 4.78 is 1.60. The second-order valence-electron chi connectivity index (χ2n) is 5.89. The zero-order valence-electron chi connectivity index (χ0n) is 17.9. The summed E-state index contributed by atoms with van der Waals surface area (Å²) in [5, 5.41) is 16.4. The third-order valence-electron chi connectivity index (χ3n) is 3.53. The Kier molecular flexibility index (Phi) is 12.8. The molecule has 0 saturated carbocycles. The van der Waals surface area contributed by atoms with E-state index < -0.39 is 0 Å². The van der Waals surface area contributed by atoms with Crippen LogP contribution in [0.25, 0.3) is 0 Å². The lowest BCUT2D eigenvalue weighted by Crippen LogP contribution is -2.12. The maximum Gasteiger partial charge on any atom is 0.195 e. The summed E-state index contributed by atoms with van der Waals surface area (Å²) in [5.74, 6) is 0.860. The van der Waals surface area contributed by atoms with Crippen LogP contribution in [0, 0.1) is 6.92 Å². The second-order valence-corrected chi connectivity index (χ2v) is 5.89. The molecular formula is C22H37N5O. The van der Waals surface area contributed by atoms with Crippen molar-refractivity contribution in [2.75, 3.05) is 17.2 Å². The zero-order valence-corrected chi connectivity index (χ0v) is 17.9. The summed E-state index contributed by atoms with van der Waals surface area (Å²) in [5.41, 5.74) is 14.8. The molecule has 0 saturated heterocycles. The van der Waals surface area contributed by atoms with Gasteiger partial charge >= 0.3 is 0 Å². The Labute approximate surface area is 169 Å². The number of hydrogen-bond donors (Lipinski definition) is 5. The lowest BCUT2D eigenvalue weighted by atomic mass is 10.2. The van der Waals surface area contributed by atoms with Gasteiger partial charge in [0, 0.05) is 24.0 Å². The smallest absolute Gasteiger partial charge is 0.195 e. The third-order valence-corrected chi connectivity index (χ3v) is 3.53. The average Bonchev–Trinajstić information content (AvgIpc) is 2.98. The fourth-order valence-corrected chi connectivity index (χ4v) is 2.29. The lowest BCUT2D eigenvalue weighted by molar-refractivity contribution is 0.421. The predicted octanol–water partition coefficient (Wildman–Crippen LogP) is 5.04. The van der Waals surface area contributed by atoms with Crippen molar-refractivity contribution >= 4 is 17.2 Å². The Morgan fingerprint density at radius 2 is 1.86 bits per heavy atom. The Morgan fingerprint density at radius 1 is 1.25 bits per heavy atom. The molecule has 0 spiro atoms. The van der Waals surface area contributed by atoms with Gasteiger partial charge < -0.3 is 27.2 Å². The molecule has 0 unspecified atom stereocenters. The van der Waals surface area contributed by atoms with E-state index in [4.69, 9.17) is 11.5 Å². The topological polar surface area (TPSA) is 101 Å². The quantitative estimate of drug-likeness (QED) is 0.428. The molecule has 1 aromatic heterocycles. The van der Waals surface area contributed by atoms with Gasteiger partial charge in [0.15, 0.2) is 5.88 Å². The number of benzene rings is 1. The third kappa shape index (κ3) is 8.68. The molecule has 28 heavy (non-hydrogen) atoms. The number of hydrogen-bond acceptors (Lipinski definition) is 5. The van der Waals surface area contributed by atoms with E-state index in [1.165, 1.54) is 5.56 Å². The number of aryl methyl sites for hydroxylation is 1. The predicted molar refractivity (Wildman–Crippen MR) is 123 cm³/mol.